The average molecular weight is 276 g/mol. The first-order chi connectivity index (χ1) is 8.81. The molecular weight excluding hydrogens is 268 g/mol. The van der Waals surface area contributed by atoms with Crippen LogP contribution in [-0.4, -0.2) is 22.1 Å². The van der Waals surface area contributed by atoms with Crippen LogP contribution in [0.25, 0.3) is 21.5 Å². The molecule has 0 aliphatic rings. The van der Waals surface area contributed by atoms with Crippen LogP contribution in [0.2, 0.25) is 0 Å². The van der Waals surface area contributed by atoms with E-state index in [-0.39, 0.29) is 0 Å². The van der Waals surface area contributed by atoms with Crippen LogP contribution in [0, 0.1) is 0 Å². The highest BCUT2D eigenvalue weighted by atomic mass is 32.1. The van der Waals surface area contributed by atoms with E-state index in [0.29, 0.717) is 10.6 Å². The SMILES string of the molecule is COc1cc(-c2ccc3nsnc3c2)sc1C=O. The first kappa shape index (κ1) is 11.3. The summed E-state index contributed by atoms with van der Waals surface area (Å²) in [6, 6.07) is 7.75. The Bertz CT molecular complexity index is 718. The molecule has 1 aromatic carbocycles. The molecule has 0 saturated heterocycles. The molecule has 6 heteroatoms. The minimum absolute atomic E-state index is 0.601. The lowest BCUT2D eigenvalue weighted by Gasteiger charge is -1.95. The Morgan fingerprint density at radius 1 is 1.22 bits per heavy atom. The van der Waals surface area contributed by atoms with Gasteiger partial charge in [0.1, 0.15) is 21.7 Å². The molecule has 0 atom stereocenters. The number of carbonyl (C=O) groups is 1. The first-order valence-electron chi connectivity index (χ1n) is 5.17. The van der Waals surface area contributed by atoms with Crippen molar-refractivity contribution < 1.29 is 9.53 Å². The van der Waals surface area contributed by atoms with Gasteiger partial charge in [-0.15, -0.1) is 11.3 Å². The zero-order chi connectivity index (χ0) is 12.5. The molecule has 0 N–H and O–H groups in total. The number of nitrogens with zero attached hydrogens (tertiary/aromatic N) is 2. The molecule has 2 heterocycles. The highest BCUT2D eigenvalue weighted by molar-refractivity contribution is 7.17. The zero-order valence-corrected chi connectivity index (χ0v) is 11.0. The minimum atomic E-state index is 0.601. The van der Waals surface area contributed by atoms with Crippen molar-refractivity contribution >= 4 is 40.4 Å². The number of hydrogen-bond acceptors (Lipinski definition) is 6. The van der Waals surface area contributed by atoms with Gasteiger partial charge >= 0.3 is 0 Å². The third-order valence-electron chi connectivity index (χ3n) is 2.59. The summed E-state index contributed by atoms with van der Waals surface area (Å²) in [5, 5.41) is 0. The third-order valence-corrected chi connectivity index (χ3v) is 4.24. The van der Waals surface area contributed by atoms with Gasteiger partial charge in [-0.3, -0.25) is 4.79 Å². The maximum atomic E-state index is 10.9. The number of aldehydes is 1. The number of benzene rings is 1. The molecule has 0 aliphatic carbocycles. The van der Waals surface area contributed by atoms with Gasteiger partial charge in [0.25, 0.3) is 0 Å². The number of hydrogen-bond donors (Lipinski definition) is 0. The molecule has 0 fully saturated rings. The number of aromatic nitrogens is 2. The molecule has 0 unspecified atom stereocenters. The molecule has 0 bridgehead atoms. The van der Waals surface area contributed by atoms with Gasteiger partial charge in [-0.05, 0) is 23.8 Å². The van der Waals surface area contributed by atoms with E-state index in [1.165, 1.54) is 23.1 Å². The molecule has 2 aromatic heterocycles. The van der Waals surface area contributed by atoms with Crippen molar-refractivity contribution in [1.82, 2.24) is 8.75 Å². The van der Waals surface area contributed by atoms with Crippen LogP contribution < -0.4 is 4.74 Å². The molecule has 0 aliphatic heterocycles. The van der Waals surface area contributed by atoms with Gasteiger partial charge in [0.15, 0.2) is 6.29 Å². The summed E-state index contributed by atoms with van der Waals surface area (Å²) < 4.78 is 13.5. The second kappa shape index (κ2) is 4.47. The van der Waals surface area contributed by atoms with Crippen molar-refractivity contribution in [3.8, 4) is 16.2 Å². The number of thiophene rings is 1. The highest BCUT2D eigenvalue weighted by Gasteiger charge is 2.11. The lowest BCUT2D eigenvalue weighted by molar-refractivity contribution is 0.112. The van der Waals surface area contributed by atoms with Crippen LogP contribution in [-0.2, 0) is 0 Å². The molecule has 3 rings (SSSR count). The van der Waals surface area contributed by atoms with Gasteiger partial charge in [-0.2, -0.15) is 8.75 Å². The van der Waals surface area contributed by atoms with E-state index in [9.17, 15) is 4.79 Å². The van der Waals surface area contributed by atoms with Crippen molar-refractivity contribution in [3.63, 3.8) is 0 Å². The largest absolute Gasteiger partial charge is 0.495 e. The quantitative estimate of drug-likeness (QED) is 0.689. The second-order valence-electron chi connectivity index (χ2n) is 3.63. The molecule has 0 saturated carbocycles. The van der Waals surface area contributed by atoms with E-state index >= 15 is 0 Å². The van der Waals surface area contributed by atoms with Crippen LogP contribution in [0.4, 0.5) is 0 Å². The van der Waals surface area contributed by atoms with Gasteiger partial charge in [0.05, 0.1) is 18.8 Å². The van der Waals surface area contributed by atoms with E-state index in [1.807, 2.05) is 24.3 Å². The summed E-state index contributed by atoms with van der Waals surface area (Å²) in [5.74, 6) is 0.612. The Kier molecular flexibility index (Phi) is 2.81. The lowest BCUT2D eigenvalue weighted by Crippen LogP contribution is -1.82. The van der Waals surface area contributed by atoms with Crippen LogP contribution >= 0.6 is 23.1 Å². The summed E-state index contributed by atoms with van der Waals surface area (Å²) in [4.78, 5) is 12.5. The Morgan fingerprint density at radius 2 is 2.06 bits per heavy atom. The Hall–Kier alpha value is -1.79. The standard InChI is InChI=1S/C12H8N2O2S2/c1-16-10-5-11(17-12(10)6-15)7-2-3-8-9(4-7)14-18-13-8/h2-6H,1H3. The summed E-state index contributed by atoms with van der Waals surface area (Å²) in [7, 11) is 1.56. The Morgan fingerprint density at radius 3 is 2.78 bits per heavy atom. The maximum Gasteiger partial charge on any atom is 0.163 e. The number of methoxy groups -OCH3 is 1. The highest BCUT2D eigenvalue weighted by Crippen LogP contribution is 2.35. The predicted octanol–water partition coefficient (Wildman–Crippen LogP) is 3.24. The monoisotopic (exact) mass is 276 g/mol. The van der Waals surface area contributed by atoms with Crippen molar-refractivity contribution in [2.75, 3.05) is 7.11 Å². The first-order valence-corrected chi connectivity index (χ1v) is 6.72. The van der Waals surface area contributed by atoms with Crippen molar-refractivity contribution in [2.24, 2.45) is 0 Å². The van der Waals surface area contributed by atoms with E-state index in [1.54, 1.807) is 7.11 Å². The Balaban J connectivity index is 2.12. The topological polar surface area (TPSA) is 52.1 Å². The lowest BCUT2D eigenvalue weighted by atomic mass is 10.1. The molecule has 18 heavy (non-hydrogen) atoms. The molecule has 4 nitrogen and oxygen atoms in total. The Labute approximate surface area is 111 Å². The molecule has 90 valence electrons. The van der Waals surface area contributed by atoms with E-state index in [0.717, 1.165) is 27.8 Å². The zero-order valence-electron chi connectivity index (χ0n) is 9.41. The van der Waals surface area contributed by atoms with Crippen LogP contribution in [0.1, 0.15) is 9.67 Å². The average Bonchev–Trinajstić information content (AvgIpc) is 3.03. The molecule has 0 amide bonds. The summed E-state index contributed by atoms with van der Waals surface area (Å²) in [6.45, 7) is 0. The molecule has 0 spiro atoms. The fourth-order valence-electron chi connectivity index (χ4n) is 1.71. The molecule has 0 radical (unpaired) electrons. The van der Waals surface area contributed by atoms with Gasteiger partial charge < -0.3 is 4.74 Å². The van der Waals surface area contributed by atoms with Crippen molar-refractivity contribution in [2.45, 2.75) is 0 Å². The number of fused-ring (bicyclic) bond motifs is 1. The molecule has 3 aromatic rings. The van der Waals surface area contributed by atoms with E-state index < -0.39 is 0 Å². The van der Waals surface area contributed by atoms with E-state index in [4.69, 9.17) is 4.74 Å². The summed E-state index contributed by atoms with van der Waals surface area (Å²) in [6.07, 6.45) is 0.815. The number of carbonyl (C=O) groups excluding carboxylic acids is 1. The second-order valence-corrected chi connectivity index (χ2v) is 5.24. The van der Waals surface area contributed by atoms with Crippen LogP contribution in [0.5, 0.6) is 5.75 Å². The normalized spacial score (nSPS) is 10.7. The smallest absolute Gasteiger partial charge is 0.163 e. The fraction of sp³-hybridized carbons (Fsp3) is 0.0833. The predicted molar refractivity (Wildman–Crippen MR) is 72.7 cm³/mol. The number of ether oxygens (including phenoxy) is 1. The van der Waals surface area contributed by atoms with Gasteiger partial charge in [-0.1, -0.05) is 6.07 Å². The number of rotatable bonds is 3. The van der Waals surface area contributed by atoms with Gasteiger partial charge in [0.2, 0.25) is 0 Å². The fourth-order valence-corrected chi connectivity index (χ4v) is 3.16. The molecular formula is C12H8N2O2S2. The van der Waals surface area contributed by atoms with Gasteiger partial charge in [0, 0.05) is 4.88 Å². The maximum absolute atomic E-state index is 10.9. The van der Waals surface area contributed by atoms with Gasteiger partial charge in [-0.25, -0.2) is 0 Å². The third kappa shape index (κ3) is 1.79. The van der Waals surface area contributed by atoms with Crippen molar-refractivity contribution in [1.29, 1.82) is 0 Å². The van der Waals surface area contributed by atoms with Crippen LogP contribution in [0.3, 0.4) is 0 Å². The summed E-state index contributed by atoms with van der Waals surface area (Å²) in [5.41, 5.74) is 2.78. The van der Waals surface area contributed by atoms with Crippen LogP contribution in [0.15, 0.2) is 24.3 Å². The summed E-state index contributed by atoms with van der Waals surface area (Å²) >= 11 is 2.61. The minimum Gasteiger partial charge on any atom is -0.495 e. The van der Waals surface area contributed by atoms with Crippen molar-refractivity contribution in [3.05, 3.63) is 29.1 Å². The van der Waals surface area contributed by atoms with E-state index in [2.05, 4.69) is 8.75 Å².